The van der Waals surface area contributed by atoms with Crippen LogP contribution in [0, 0.1) is 5.41 Å². The second kappa shape index (κ2) is 3.64. The van der Waals surface area contributed by atoms with Gasteiger partial charge in [-0.15, -0.1) is 0 Å². The van der Waals surface area contributed by atoms with Crippen LogP contribution in [0.5, 0.6) is 0 Å². The van der Waals surface area contributed by atoms with Gasteiger partial charge in [-0.1, -0.05) is 13.8 Å². The fourth-order valence-corrected chi connectivity index (χ4v) is 1.75. The lowest BCUT2D eigenvalue weighted by molar-refractivity contribution is -0.153. The van der Waals surface area contributed by atoms with E-state index < -0.39 is 12.1 Å². The summed E-state index contributed by atoms with van der Waals surface area (Å²) in [6.45, 7) is 6.57. The molecule has 0 saturated carbocycles. The Hall–Kier alpha value is -0.610. The molecular weight excluding hydrogens is 170 g/mol. The minimum Gasteiger partial charge on any atom is -0.467 e. The Kier molecular flexibility index (Phi) is 2.93. The zero-order valence-electron chi connectivity index (χ0n) is 8.41. The van der Waals surface area contributed by atoms with Crippen molar-refractivity contribution in [3.05, 3.63) is 0 Å². The van der Waals surface area contributed by atoms with Crippen molar-refractivity contribution < 1.29 is 14.6 Å². The van der Waals surface area contributed by atoms with Crippen molar-refractivity contribution in [2.45, 2.75) is 20.0 Å². The van der Waals surface area contributed by atoms with Crippen LogP contribution in [0.1, 0.15) is 13.8 Å². The predicted octanol–water partition coefficient (Wildman–Crippen LogP) is -0.138. The van der Waals surface area contributed by atoms with Crippen LogP contribution in [-0.4, -0.2) is 48.8 Å². The number of methoxy groups -OCH3 is 1. The van der Waals surface area contributed by atoms with Gasteiger partial charge in [-0.05, 0) is 5.41 Å². The van der Waals surface area contributed by atoms with E-state index in [1.165, 1.54) is 7.11 Å². The van der Waals surface area contributed by atoms with Gasteiger partial charge in [-0.25, -0.2) is 4.79 Å². The van der Waals surface area contributed by atoms with Crippen LogP contribution in [0.4, 0.5) is 0 Å². The Labute approximate surface area is 78.5 Å². The van der Waals surface area contributed by atoms with E-state index in [0.29, 0.717) is 12.0 Å². The van der Waals surface area contributed by atoms with Crippen molar-refractivity contribution in [3.8, 4) is 0 Å². The van der Waals surface area contributed by atoms with E-state index in [-0.39, 0.29) is 0 Å². The molecule has 1 saturated heterocycles. The molecule has 1 aliphatic heterocycles. The number of aliphatic hydroxyl groups is 1. The van der Waals surface area contributed by atoms with Crippen LogP contribution in [0.25, 0.3) is 0 Å². The first kappa shape index (κ1) is 10.5. The molecule has 0 radical (unpaired) electrons. The summed E-state index contributed by atoms with van der Waals surface area (Å²) in [6, 6.07) is 0. The minimum absolute atomic E-state index is 0.329. The second-order valence-corrected chi connectivity index (χ2v) is 4.37. The summed E-state index contributed by atoms with van der Waals surface area (Å²) in [4.78, 5) is 12.9. The molecule has 76 valence electrons. The molecule has 0 aromatic carbocycles. The average Bonchev–Trinajstić information content (AvgIpc) is 1.99. The lowest BCUT2D eigenvalue weighted by Crippen LogP contribution is -2.55. The molecule has 1 N–H and O–H groups in total. The number of aliphatic hydroxyl groups excluding tert-OH is 1. The molecule has 13 heavy (non-hydrogen) atoms. The summed E-state index contributed by atoms with van der Waals surface area (Å²) < 4.78 is 4.42. The highest BCUT2D eigenvalue weighted by Crippen LogP contribution is 2.28. The molecule has 0 amide bonds. The van der Waals surface area contributed by atoms with Crippen LogP contribution in [-0.2, 0) is 9.53 Å². The number of hydrogen-bond donors (Lipinski definition) is 1. The van der Waals surface area contributed by atoms with E-state index in [4.69, 9.17) is 0 Å². The Balaban J connectivity index is 2.24. The SMILES string of the molecule is COC(=O)C(O)CN1CC(C)(C)C1. The summed E-state index contributed by atoms with van der Waals surface area (Å²) in [5.41, 5.74) is 0.329. The van der Waals surface area contributed by atoms with E-state index in [1.54, 1.807) is 0 Å². The molecule has 1 aliphatic rings. The smallest absolute Gasteiger partial charge is 0.336 e. The van der Waals surface area contributed by atoms with Gasteiger partial charge in [0, 0.05) is 19.6 Å². The predicted molar refractivity (Wildman–Crippen MR) is 48.2 cm³/mol. The zero-order chi connectivity index (χ0) is 10.1. The van der Waals surface area contributed by atoms with Gasteiger partial charge in [-0.3, -0.25) is 4.90 Å². The topological polar surface area (TPSA) is 49.8 Å². The maximum absolute atomic E-state index is 10.8. The maximum atomic E-state index is 10.8. The van der Waals surface area contributed by atoms with Gasteiger partial charge in [0.1, 0.15) is 0 Å². The van der Waals surface area contributed by atoms with E-state index in [1.807, 2.05) is 4.90 Å². The van der Waals surface area contributed by atoms with Crippen molar-refractivity contribution in [1.82, 2.24) is 4.90 Å². The average molecular weight is 187 g/mol. The lowest BCUT2D eigenvalue weighted by atomic mass is 9.84. The standard InChI is InChI=1S/C9H17NO3/c1-9(2)5-10(6-9)4-7(11)8(12)13-3/h7,11H,4-6H2,1-3H3. The molecule has 4 heteroatoms. The van der Waals surface area contributed by atoms with E-state index in [2.05, 4.69) is 18.6 Å². The molecule has 1 rings (SSSR count). The number of carbonyl (C=O) groups excluding carboxylic acids is 1. The van der Waals surface area contributed by atoms with Gasteiger partial charge in [0.2, 0.25) is 0 Å². The first-order valence-electron chi connectivity index (χ1n) is 4.43. The quantitative estimate of drug-likeness (QED) is 0.625. The van der Waals surface area contributed by atoms with E-state index in [0.717, 1.165) is 13.1 Å². The molecule has 0 aromatic rings. The molecule has 0 bridgehead atoms. The largest absolute Gasteiger partial charge is 0.467 e. The number of carbonyl (C=O) groups is 1. The molecule has 0 aromatic heterocycles. The number of esters is 1. The van der Waals surface area contributed by atoms with Crippen molar-refractivity contribution in [2.75, 3.05) is 26.7 Å². The number of nitrogens with zero attached hydrogens (tertiary/aromatic N) is 1. The fourth-order valence-electron chi connectivity index (χ4n) is 1.75. The highest BCUT2D eigenvalue weighted by Gasteiger charge is 2.35. The molecule has 1 atom stereocenters. The van der Waals surface area contributed by atoms with Gasteiger partial charge < -0.3 is 9.84 Å². The van der Waals surface area contributed by atoms with Gasteiger partial charge in [0.25, 0.3) is 0 Å². The first-order valence-corrected chi connectivity index (χ1v) is 4.43. The highest BCUT2D eigenvalue weighted by molar-refractivity contribution is 5.74. The Bertz CT molecular complexity index is 195. The molecule has 1 unspecified atom stereocenters. The summed E-state index contributed by atoms with van der Waals surface area (Å²) in [5, 5.41) is 9.31. The van der Waals surface area contributed by atoms with Gasteiger partial charge in [-0.2, -0.15) is 0 Å². The third-order valence-corrected chi connectivity index (χ3v) is 2.21. The van der Waals surface area contributed by atoms with Crippen molar-refractivity contribution in [2.24, 2.45) is 5.41 Å². The normalized spacial score (nSPS) is 23.4. The van der Waals surface area contributed by atoms with E-state index >= 15 is 0 Å². The van der Waals surface area contributed by atoms with E-state index in [9.17, 15) is 9.90 Å². The zero-order valence-corrected chi connectivity index (χ0v) is 8.41. The number of likely N-dealkylation sites (tertiary alicyclic amines) is 1. The third kappa shape index (κ3) is 2.67. The number of hydrogen-bond acceptors (Lipinski definition) is 4. The minimum atomic E-state index is -0.999. The van der Waals surface area contributed by atoms with Crippen molar-refractivity contribution >= 4 is 5.97 Å². The maximum Gasteiger partial charge on any atom is 0.336 e. The van der Waals surface area contributed by atoms with Gasteiger partial charge in [0.15, 0.2) is 6.10 Å². The third-order valence-electron chi connectivity index (χ3n) is 2.21. The molecule has 1 heterocycles. The second-order valence-electron chi connectivity index (χ2n) is 4.37. The summed E-state index contributed by atoms with van der Waals surface area (Å²) in [6.07, 6.45) is -0.999. The van der Waals surface area contributed by atoms with Crippen LogP contribution < -0.4 is 0 Å². The Morgan fingerprint density at radius 1 is 1.62 bits per heavy atom. The summed E-state index contributed by atoms with van der Waals surface area (Å²) in [5.74, 6) is -0.551. The number of ether oxygens (including phenoxy) is 1. The Morgan fingerprint density at radius 2 is 2.15 bits per heavy atom. The molecule has 0 aliphatic carbocycles. The van der Waals surface area contributed by atoms with Gasteiger partial charge >= 0.3 is 5.97 Å². The van der Waals surface area contributed by atoms with Crippen LogP contribution in [0.3, 0.4) is 0 Å². The number of rotatable bonds is 3. The Morgan fingerprint density at radius 3 is 2.54 bits per heavy atom. The van der Waals surface area contributed by atoms with Crippen molar-refractivity contribution in [1.29, 1.82) is 0 Å². The number of β-amino-alcohol motifs (C(OH)–C–C–N with tert-alkyl or cyclic N) is 1. The van der Waals surface area contributed by atoms with Crippen LogP contribution >= 0.6 is 0 Å². The molecule has 0 spiro atoms. The van der Waals surface area contributed by atoms with Crippen LogP contribution in [0.2, 0.25) is 0 Å². The molecule has 4 nitrogen and oxygen atoms in total. The first-order chi connectivity index (χ1) is 5.94. The monoisotopic (exact) mass is 187 g/mol. The molecular formula is C9H17NO3. The summed E-state index contributed by atoms with van der Waals surface area (Å²) in [7, 11) is 1.28. The van der Waals surface area contributed by atoms with Gasteiger partial charge in [0.05, 0.1) is 7.11 Å². The lowest BCUT2D eigenvalue weighted by Gasteiger charge is -2.46. The van der Waals surface area contributed by atoms with Crippen molar-refractivity contribution in [3.63, 3.8) is 0 Å². The molecule has 1 fully saturated rings. The summed E-state index contributed by atoms with van der Waals surface area (Å²) >= 11 is 0. The fraction of sp³-hybridized carbons (Fsp3) is 0.889. The highest BCUT2D eigenvalue weighted by atomic mass is 16.5. The van der Waals surface area contributed by atoms with Crippen LogP contribution in [0.15, 0.2) is 0 Å².